The third-order valence-electron chi connectivity index (χ3n) is 2.77. The Balaban J connectivity index is 2.68. The van der Waals surface area contributed by atoms with Crippen LogP contribution in [-0.2, 0) is 0 Å². The Bertz CT molecular complexity index is 427. The highest BCUT2D eigenvalue weighted by atomic mass is 15.3. The molecule has 2 rings (SSSR count). The van der Waals surface area contributed by atoms with E-state index in [2.05, 4.69) is 55.2 Å². The van der Waals surface area contributed by atoms with Crippen LogP contribution in [-0.4, -0.2) is 15.4 Å². The van der Waals surface area contributed by atoms with Crippen molar-refractivity contribution in [3.05, 3.63) is 23.3 Å². The number of aromatic amines is 1. The van der Waals surface area contributed by atoms with Gasteiger partial charge in [0.25, 0.3) is 0 Å². The van der Waals surface area contributed by atoms with Gasteiger partial charge in [-0.3, -0.25) is 0 Å². The van der Waals surface area contributed by atoms with Gasteiger partial charge < -0.3 is 0 Å². The smallest absolute Gasteiger partial charge is 0.113 e. The molecule has 0 saturated carbocycles. The maximum absolute atomic E-state index is 4.13. The third-order valence-corrected chi connectivity index (χ3v) is 2.77. The van der Waals surface area contributed by atoms with Gasteiger partial charge in [0.05, 0.1) is 0 Å². The zero-order chi connectivity index (χ0) is 11.0. The highest BCUT2D eigenvalue weighted by Crippen LogP contribution is 2.28. The summed E-state index contributed by atoms with van der Waals surface area (Å²) < 4.78 is 0. The molecule has 0 radical (unpaired) electrons. The van der Waals surface area contributed by atoms with Crippen LogP contribution < -0.4 is 0 Å². The molecule has 1 N–H and O–H groups in total. The monoisotopic (exact) mass is 203 g/mol. The molecule has 3 nitrogen and oxygen atoms in total. The van der Waals surface area contributed by atoms with Crippen LogP contribution in [0.5, 0.6) is 0 Å². The van der Waals surface area contributed by atoms with Crippen molar-refractivity contribution in [3.63, 3.8) is 0 Å². The van der Waals surface area contributed by atoms with Gasteiger partial charge in [-0.15, -0.1) is 0 Å². The molecular formula is C12H17N3. The lowest BCUT2D eigenvalue weighted by Gasteiger charge is -2.15. The lowest BCUT2D eigenvalue weighted by Crippen LogP contribution is -1.98. The van der Waals surface area contributed by atoms with Crippen molar-refractivity contribution in [1.29, 1.82) is 0 Å². The minimum absolute atomic E-state index is 0.531. The zero-order valence-corrected chi connectivity index (χ0v) is 9.70. The van der Waals surface area contributed by atoms with E-state index in [0.29, 0.717) is 11.8 Å². The highest BCUT2D eigenvalue weighted by molar-refractivity contribution is 5.76. The van der Waals surface area contributed by atoms with Gasteiger partial charge in [0.2, 0.25) is 0 Å². The molecule has 1 aromatic heterocycles. The molecule has 0 unspecified atom stereocenters. The van der Waals surface area contributed by atoms with E-state index < -0.39 is 0 Å². The van der Waals surface area contributed by atoms with Crippen LogP contribution in [0.4, 0.5) is 0 Å². The molecule has 15 heavy (non-hydrogen) atoms. The Hall–Kier alpha value is -1.38. The molecule has 0 fully saturated rings. The van der Waals surface area contributed by atoms with Crippen LogP contribution in [0.1, 0.15) is 50.7 Å². The fourth-order valence-electron chi connectivity index (χ4n) is 1.92. The SMILES string of the molecule is CC(C)c1cc2n[nH]nc2cc1C(C)C. The molecule has 80 valence electrons. The van der Waals surface area contributed by atoms with Crippen molar-refractivity contribution in [3.8, 4) is 0 Å². The topological polar surface area (TPSA) is 41.6 Å². The second-order valence-electron chi connectivity index (χ2n) is 4.60. The number of aromatic nitrogens is 3. The van der Waals surface area contributed by atoms with Crippen molar-refractivity contribution in [2.75, 3.05) is 0 Å². The van der Waals surface area contributed by atoms with Gasteiger partial charge in [0.15, 0.2) is 0 Å². The first-order valence-corrected chi connectivity index (χ1v) is 5.44. The molecular weight excluding hydrogens is 186 g/mol. The molecule has 0 bridgehead atoms. The number of hydrogen-bond donors (Lipinski definition) is 1. The summed E-state index contributed by atoms with van der Waals surface area (Å²) in [4.78, 5) is 0. The second kappa shape index (κ2) is 3.65. The van der Waals surface area contributed by atoms with Crippen molar-refractivity contribution in [1.82, 2.24) is 15.4 Å². The summed E-state index contributed by atoms with van der Waals surface area (Å²) in [6.45, 7) is 8.86. The normalized spacial score (nSPS) is 11.9. The molecule has 1 aromatic carbocycles. The summed E-state index contributed by atoms with van der Waals surface area (Å²) >= 11 is 0. The van der Waals surface area contributed by atoms with E-state index in [0.717, 1.165) is 11.0 Å². The number of nitrogens with one attached hydrogen (secondary N) is 1. The van der Waals surface area contributed by atoms with Crippen LogP contribution in [0, 0.1) is 0 Å². The molecule has 3 heteroatoms. The van der Waals surface area contributed by atoms with Crippen molar-refractivity contribution in [2.24, 2.45) is 0 Å². The number of benzene rings is 1. The minimum Gasteiger partial charge on any atom is -0.197 e. The Morgan fingerprint density at radius 1 is 0.867 bits per heavy atom. The molecule has 0 saturated heterocycles. The Morgan fingerprint density at radius 2 is 1.27 bits per heavy atom. The summed E-state index contributed by atoms with van der Waals surface area (Å²) in [5, 5.41) is 10.9. The summed E-state index contributed by atoms with van der Waals surface area (Å²) in [7, 11) is 0. The second-order valence-corrected chi connectivity index (χ2v) is 4.60. The summed E-state index contributed by atoms with van der Waals surface area (Å²) in [5.41, 5.74) is 4.68. The van der Waals surface area contributed by atoms with Crippen LogP contribution in [0.2, 0.25) is 0 Å². The van der Waals surface area contributed by atoms with Gasteiger partial charge >= 0.3 is 0 Å². The number of rotatable bonds is 2. The first-order valence-electron chi connectivity index (χ1n) is 5.44. The van der Waals surface area contributed by atoms with Crippen LogP contribution >= 0.6 is 0 Å². The van der Waals surface area contributed by atoms with E-state index in [1.54, 1.807) is 0 Å². The van der Waals surface area contributed by atoms with Crippen LogP contribution in [0.3, 0.4) is 0 Å². The van der Waals surface area contributed by atoms with E-state index in [1.165, 1.54) is 11.1 Å². The Morgan fingerprint density at radius 3 is 1.60 bits per heavy atom. The van der Waals surface area contributed by atoms with Crippen molar-refractivity contribution in [2.45, 2.75) is 39.5 Å². The largest absolute Gasteiger partial charge is 0.197 e. The highest BCUT2D eigenvalue weighted by Gasteiger charge is 2.12. The van der Waals surface area contributed by atoms with E-state index in [1.807, 2.05) is 0 Å². The maximum Gasteiger partial charge on any atom is 0.113 e. The fraction of sp³-hybridized carbons (Fsp3) is 0.500. The lowest BCUT2D eigenvalue weighted by atomic mass is 9.90. The zero-order valence-electron chi connectivity index (χ0n) is 9.70. The molecule has 0 aliphatic heterocycles. The van der Waals surface area contributed by atoms with E-state index in [-0.39, 0.29) is 0 Å². The van der Waals surface area contributed by atoms with E-state index >= 15 is 0 Å². The fourth-order valence-corrected chi connectivity index (χ4v) is 1.92. The molecule has 0 aliphatic rings. The predicted molar refractivity (Wildman–Crippen MR) is 62.1 cm³/mol. The van der Waals surface area contributed by atoms with Crippen molar-refractivity contribution >= 4 is 11.0 Å². The van der Waals surface area contributed by atoms with Crippen molar-refractivity contribution < 1.29 is 0 Å². The Labute approximate surface area is 89.9 Å². The number of hydrogen-bond acceptors (Lipinski definition) is 2. The first-order chi connectivity index (χ1) is 7.09. The number of fused-ring (bicyclic) bond motifs is 1. The molecule has 2 aromatic rings. The standard InChI is InChI=1S/C12H17N3/c1-7(2)9-5-11-12(14-15-13-11)6-10(9)8(3)4/h5-8H,1-4H3,(H,13,14,15). The average Bonchev–Trinajstić information content (AvgIpc) is 2.61. The minimum atomic E-state index is 0.531. The third kappa shape index (κ3) is 1.74. The predicted octanol–water partition coefficient (Wildman–Crippen LogP) is 3.20. The summed E-state index contributed by atoms with van der Waals surface area (Å²) in [5.74, 6) is 1.06. The number of nitrogens with zero attached hydrogens (tertiary/aromatic N) is 2. The van der Waals surface area contributed by atoms with Gasteiger partial charge in [-0.2, -0.15) is 15.4 Å². The molecule has 0 spiro atoms. The maximum atomic E-state index is 4.13. The lowest BCUT2D eigenvalue weighted by molar-refractivity contribution is 0.792. The van der Waals surface area contributed by atoms with E-state index in [4.69, 9.17) is 0 Å². The van der Waals surface area contributed by atoms with Gasteiger partial charge in [-0.1, -0.05) is 27.7 Å². The summed E-state index contributed by atoms with van der Waals surface area (Å²) in [6, 6.07) is 4.30. The van der Waals surface area contributed by atoms with Gasteiger partial charge in [-0.05, 0) is 35.1 Å². The summed E-state index contributed by atoms with van der Waals surface area (Å²) in [6.07, 6.45) is 0. The first kappa shape index (κ1) is 10.1. The molecule has 0 aliphatic carbocycles. The molecule has 0 amide bonds. The average molecular weight is 203 g/mol. The van der Waals surface area contributed by atoms with E-state index in [9.17, 15) is 0 Å². The molecule has 1 heterocycles. The van der Waals surface area contributed by atoms with Crippen LogP contribution in [0.15, 0.2) is 12.1 Å². The van der Waals surface area contributed by atoms with Crippen LogP contribution in [0.25, 0.3) is 11.0 Å². The van der Waals surface area contributed by atoms with Gasteiger partial charge in [0.1, 0.15) is 11.0 Å². The number of H-pyrrole nitrogens is 1. The molecule has 0 atom stereocenters. The Kier molecular flexibility index (Phi) is 2.47. The van der Waals surface area contributed by atoms with Gasteiger partial charge in [0, 0.05) is 0 Å². The van der Waals surface area contributed by atoms with Gasteiger partial charge in [-0.25, -0.2) is 0 Å². The quantitative estimate of drug-likeness (QED) is 0.814.